The highest BCUT2D eigenvalue weighted by atomic mass is 16.5. The monoisotopic (exact) mass is 266 g/mol. The van der Waals surface area contributed by atoms with Crippen molar-refractivity contribution in [2.75, 3.05) is 38.0 Å². The zero-order valence-corrected chi connectivity index (χ0v) is 12.2. The standard InChI is InChI=1S/C13H22N4O2/c1-13(2,8-14)12(18)16-10-9(17(3)4)6-7-15-11(10)19-5/h6-7H,8,14H2,1-5H3,(H,16,18). The van der Waals surface area contributed by atoms with E-state index in [0.29, 0.717) is 11.6 Å². The van der Waals surface area contributed by atoms with E-state index in [9.17, 15) is 4.79 Å². The molecule has 0 fully saturated rings. The van der Waals surface area contributed by atoms with Gasteiger partial charge in [0.1, 0.15) is 5.69 Å². The van der Waals surface area contributed by atoms with Gasteiger partial charge in [0.25, 0.3) is 0 Å². The minimum Gasteiger partial charge on any atom is -0.479 e. The Bertz CT molecular complexity index is 458. The molecule has 0 bridgehead atoms. The zero-order chi connectivity index (χ0) is 14.6. The Morgan fingerprint density at radius 3 is 2.63 bits per heavy atom. The zero-order valence-electron chi connectivity index (χ0n) is 12.2. The molecule has 0 aliphatic rings. The predicted octanol–water partition coefficient (Wildman–Crippen LogP) is 1.08. The van der Waals surface area contributed by atoms with E-state index in [1.807, 2.05) is 25.1 Å². The van der Waals surface area contributed by atoms with Gasteiger partial charge in [-0.25, -0.2) is 4.98 Å². The predicted molar refractivity (Wildman–Crippen MR) is 76.6 cm³/mol. The van der Waals surface area contributed by atoms with Crippen molar-refractivity contribution >= 4 is 17.3 Å². The number of methoxy groups -OCH3 is 1. The van der Waals surface area contributed by atoms with E-state index in [4.69, 9.17) is 10.5 Å². The Balaban J connectivity index is 3.15. The van der Waals surface area contributed by atoms with Crippen molar-refractivity contribution in [3.8, 4) is 5.88 Å². The van der Waals surface area contributed by atoms with Crippen LogP contribution in [0, 0.1) is 5.41 Å². The average molecular weight is 266 g/mol. The van der Waals surface area contributed by atoms with Crippen molar-refractivity contribution in [3.63, 3.8) is 0 Å². The van der Waals surface area contributed by atoms with Crippen LogP contribution in [0.5, 0.6) is 5.88 Å². The van der Waals surface area contributed by atoms with Gasteiger partial charge in [0.05, 0.1) is 18.2 Å². The Kier molecular flexibility index (Phi) is 4.72. The summed E-state index contributed by atoms with van der Waals surface area (Å²) in [6.07, 6.45) is 1.64. The number of carbonyl (C=O) groups is 1. The van der Waals surface area contributed by atoms with E-state index in [2.05, 4.69) is 10.3 Å². The van der Waals surface area contributed by atoms with Gasteiger partial charge in [0.15, 0.2) is 0 Å². The van der Waals surface area contributed by atoms with Crippen LogP contribution in [0.4, 0.5) is 11.4 Å². The molecular weight excluding hydrogens is 244 g/mol. The lowest BCUT2D eigenvalue weighted by Gasteiger charge is -2.24. The fourth-order valence-electron chi connectivity index (χ4n) is 1.45. The molecule has 1 aromatic rings. The quantitative estimate of drug-likeness (QED) is 0.833. The third-order valence-electron chi connectivity index (χ3n) is 2.93. The van der Waals surface area contributed by atoms with Gasteiger partial charge in [-0.05, 0) is 19.9 Å². The second-order valence-electron chi connectivity index (χ2n) is 5.15. The molecule has 19 heavy (non-hydrogen) atoms. The summed E-state index contributed by atoms with van der Waals surface area (Å²) in [5.41, 5.74) is 6.35. The third kappa shape index (κ3) is 3.35. The molecule has 6 heteroatoms. The molecule has 0 atom stereocenters. The van der Waals surface area contributed by atoms with Crippen molar-refractivity contribution in [2.45, 2.75) is 13.8 Å². The summed E-state index contributed by atoms with van der Waals surface area (Å²) in [5, 5.41) is 2.85. The maximum atomic E-state index is 12.2. The number of hydrogen-bond acceptors (Lipinski definition) is 5. The van der Waals surface area contributed by atoms with Gasteiger partial charge >= 0.3 is 0 Å². The summed E-state index contributed by atoms with van der Waals surface area (Å²) < 4.78 is 5.20. The molecule has 0 spiro atoms. The van der Waals surface area contributed by atoms with Gasteiger partial charge in [-0.15, -0.1) is 0 Å². The van der Waals surface area contributed by atoms with Gasteiger partial charge < -0.3 is 20.7 Å². The molecule has 6 nitrogen and oxygen atoms in total. The number of anilines is 2. The summed E-state index contributed by atoms with van der Waals surface area (Å²) in [5.74, 6) is 0.219. The minimum absolute atomic E-state index is 0.163. The molecule has 0 aliphatic carbocycles. The fraction of sp³-hybridized carbons (Fsp3) is 0.538. The van der Waals surface area contributed by atoms with Crippen LogP contribution < -0.4 is 20.7 Å². The van der Waals surface area contributed by atoms with Crippen LogP contribution in [0.25, 0.3) is 0 Å². The summed E-state index contributed by atoms with van der Waals surface area (Å²) in [7, 11) is 5.29. The summed E-state index contributed by atoms with van der Waals surface area (Å²) in [4.78, 5) is 18.2. The first-order valence-corrected chi connectivity index (χ1v) is 6.05. The van der Waals surface area contributed by atoms with Gasteiger partial charge in [-0.1, -0.05) is 0 Å². The fourth-order valence-corrected chi connectivity index (χ4v) is 1.45. The smallest absolute Gasteiger partial charge is 0.239 e. The van der Waals surface area contributed by atoms with Crippen LogP contribution in [-0.2, 0) is 4.79 Å². The largest absolute Gasteiger partial charge is 0.479 e. The van der Waals surface area contributed by atoms with Crippen LogP contribution in [0.1, 0.15) is 13.8 Å². The van der Waals surface area contributed by atoms with Crippen molar-refractivity contribution < 1.29 is 9.53 Å². The van der Waals surface area contributed by atoms with E-state index in [0.717, 1.165) is 5.69 Å². The number of nitrogens with two attached hydrogens (primary N) is 1. The second kappa shape index (κ2) is 5.88. The van der Waals surface area contributed by atoms with E-state index in [1.165, 1.54) is 7.11 Å². The van der Waals surface area contributed by atoms with Crippen LogP contribution in [0.2, 0.25) is 0 Å². The Morgan fingerprint density at radius 1 is 1.53 bits per heavy atom. The number of ether oxygens (including phenoxy) is 1. The topological polar surface area (TPSA) is 80.5 Å². The first-order chi connectivity index (χ1) is 8.83. The number of nitrogens with zero attached hydrogens (tertiary/aromatic N) is 2. The molecule has 0 unspecified atom stereocenters. The number of pyridine rings is 1. The van der Waals surface area contributed by atoms with Crippen molar-refractivity contribution in [3.05, 3.63) is 12.3 Å². The lowest BCUT2D eigenvalue weighted by atomic mass is 9.92. The van der Waals surface area contributed by atoms with Gasteiger partial charge in [0, 0.05) is 26.8 Å². The highest BCUT2D eigenvalue weighted by Crippen LogP contribution is 2.33. The maximum Gasteiger partial charge on any atom is 0.239 e. The van der Waals surface area contributed by atoms with Crippen molar-refractivity contribution in [1.82, 2.24) is 4.98 Å². The summed E-state index contributed by atoms with van der Waals surface area (Å²) >= 11 is 0. The molecule has 1 rings (SSSR count). The molecule has 3 N–H and O–H groups in total. The number of nitrogens with one attached hydrogen (secondary N) is 1. The third-order valence-corrected chi connectivity index (χ3v) is 2.93. The maximum absolute atomic E-state index is 12.2. The SMILES string of the molecule is COc1nccc(N(C)C)c1NC(=O)C(C)(C)CN. The Labute approximate surface area is 113 Å². The lowest BCUT2D eigenvalue weighted by Crippen LogP contribution is -2.37. The first kappa shape index (κ1) is 15.2. The number of hydrogen-bond donors (Lipinski definition) is 2. The van der Waals surface area contributed by atoms with E-state index in [-0.39, 0.29) is 12.5 Å². The lowest BCUT2D eigenvalue weighted by molar-refractivity contribution is -0.123. The molecule has 1 amide bonds. The summed E-state index contributed by atoms with van der Waals surface area (Å²) in [6, 6.07) is 1.81. The number of amides is 1. The molecule has 0 radical (unpaired) electrons. The van der Waals surface area contributed by atoms with Crippen molar-refractivity contribution in [2.24, 2.45) is 11.1 Å². The van der Waals surface area contributed by atoms with Gasteiger partial charge in [-0.2, -0.15) is 0 Å². The minimum atomic E-state index is -0.648. The highest BCUT2D eigenvalue weighted by molar-refractivity contribution is 5.99. The van der Waals surface area contributed by atoms with Gasteiger partial charge in [-0.3, -0.25) is 4.79 Å². The normalized spacial score (nSPS) is 11.1. The Morgan fingerprint density at radius 2 is 2.16 bits per heavy atom. The molecular formula is C13H22N4O2. The first-order valence-electron chi connectivity index (χ1n) is 6.05. The van der Waals surface area contributed by atoms with Gasteiger partial charge in [0.2, 0.25) is 11.8 Å². The Hall–Kier alpha value is -1.82. The van der Waals surface area contributed by atoms with Crippen LogP contribution in [-0.4, -0.2) is 38.6 Å². The second-order valence-corrected chi connectivity index (χ2v) is 5.15. The van der Waals surface area contributed by atoms with E-state index >= 15 is 0 Å². The average Bonchev–Trinajstić information content (AvgIpc) is 2.38. The van der Waals surface area contributed by atoms with E-state index in [1.54, 1.807) is 20.0 Å². The highest BCUT2D eigenvalue weighted by Gasteiger charge is 2.27. The number of carbonyl (C=O) groups excluding carboxylic acids is 1. The van der Waals surface area contributed by atoms with Crippen molar-refractivity contribution in [1.29, 1.82) is 0 Å². The van der Waals surface area contributed by atoms with Crippen LogP contribution in [0.15, 0.2) is 12.3 Å². The number of aromatic nitrogens is 1. The molecule has 0 saturated heterocycles. The van der Waals surface area contributed by atoms with Crippen LogP contribution in [0.3, 0.4) is 0 Å². The molecule has 106 valence electrons. The molecule has 0 aliphatic heterocycles. The van der Waals surface area contributed by atoms with E-state index < -0.39 is 5.41 Å². The van der Waals surface area contributed by atoms with Crippen LogP contribution >= 0.6 is 0 Å². The number of rotatable bonds is 5. The molecule has 0 aromatic carbocycles. The molecule has 0 saturated carbocycles. The molecule has 1 heterocycles. The summed E-state index contributed by atoms with van der Waals surface area (Å²) in [6.45, 7) is 3.85. The molecule has 1 aromatic heterocycles.